The molecule has 0 saturated heterocycles. The lowest BCUT2D eigenvalue weighted by Crippen LogP contribution is -2.33. The second-order valence-electron chi connectivity index (χ2n) is 6.65. The van der Waals surface area contributed by atoms with Gasteiger partial charge in [-0.05, 0) is 36.5 Å². The van der Waals surface area contributed by atoms with Crippen LogP contribution in [0.3, 0.4) is 0 Å². The van der Waals surface area contributed by atoms with Crippen molar-refractivity contribution in [1.82, 2.24) is 5.32 Å². The number of ether oxygens (including phenoxy) is 2. The summed E-state index contributed by atoms with van der Waals surface area (Å²) in [7, 11) is 0. The van der Waals surface area contributed by atoms with Gasteiger partial charge in [0.25, 0.3) is 0 Å². The van der Waals surface area contributed by atoms with E-state index in [1.807, 2.05) is 48.5 Å². The highest BCUT2D eigenvalue weighted by Gasteiger charge is 2.27. The van der Waals surface area contributed by atoms with E-state index in [2.05, 4.69) is 39.5 Å². The first-order chi connectivity index (χ1) is 13.2. The normalized spacial score (nSPS) is 19.7. The average molecular weight is 430 g/mol. The van der Waals surface area contributed by atoms with Gasteiger partial charge in [-0.15, -0.1) is 0 Å². The maximum atomic E-state index is 12.0. The molecule has 0 unspecified atom stereocenters. The van der Waals surface area contributed by atoms with E-state index in [1.165, 1.54) is 0 Å². The fourth-order valence-corrected chi connectivity index (χ4v) is 3.52. The fourth-order valence-electron chi connectivity index (χ4n) is 3.12. The number of halogens is 1. The molecule has 0 bridgehead atoms. The molecular formula is C22H24BrNO3. The average Bonchev–Trinajstić information content (AvgIpc) is 3.14. The van der Waals surface area contributed by atoms with Crippen LogP contribution in [0.15, 0.2) is 65.1 Å². The Labute approximate surface area is 168 Å². The van der Waals surface area contributed by atoms with Gasteiger partial charge in [0, 0.05) is 10.5 Å². The molecule has 1 aliphatic rings. The largest absolute Gasteiger partial charge is 0.445 e. The number of hydrogen-bond acceptors (Lipinski definition) is 3. The van der Waals surface area contributed by atoms with E-state index in [9.17, 15) is 4.79 Å². The van der Waals surface area contributed by atoms with E-state index < -0.39 is 0 Å². The van der Waals surface area contributed by atoms with Crippen molar-refractivity contribution < 1.29 is 14.3 Å². The predicted octanol–water partition coefficient (Wildman–Crippen LogP) is 5.29. The second kappa shape index (κ2) is 10.3. The van der Waals surface area contributed by atoms with Crippen molar-refractivity contribution in [2.75, 3.05) is 6.61 Å². The zero-order chi connectivity index (χ0) is 18.9. The van der Waals surface area contributed by atoms with E-state index >= 15 is 0 Å². The van der Waals surface area contributed by atoms with Crippen LogP contribution in [0.25, 0.3) is 6.08 Å². The molecule has 2 aromatic carbocycles. The second-order valence-corrected chi connectivity index (χ2v) is 7.67. The van der Waals surface area contributed by atoms with Crippen molar-refractivity contribution >= 4 is 28.1 Å². The first-order valence-electron chi connectivity index (χ1n) is 9.19. The lowest BCUT2D eigenvalue weighted by atomic mass is 10.2. The highest BCUT2D eigenvalue weighted by molar-refractivity contribution is 9.11. The van der Waals surface area contributed by atoms with Crippen molar-refractivity contribution in [2.45, 2.75) is 38.0 Å². The minimum atomic E-state index is -0.366. The molecule has 1 saturated carbocycles. The standard InChI is InChI=1S/C22H24BrNO3/c23-19(13-17-7-3-1-4-8-17)16-26-21-12-11-20(14-21)24-22(25)27-15-18-9-5-2-6-10-18/h1-10,13,20-21H,11-12,14-16H2,(H,24,25)/b19-13-/t20-,21-/m0/s1. The number of benzene rings is 2. The number of hydrogen-bond donors (Lipinski definition) is 1. The third kappa shape index (κ3) is 6.85. The molecule has 1 fully saturated rings. The summed E-state index contributed by atoms with van der Waals surface area (Å²) in [6, 6.07) is 19.9. The molecule has 3 rings (SSSR count). The highest BCUT2D eigenvalue weighted by Crippen LogP contribution is 2.24. The summed E-state index contributed by atoms with van der Waals surface area (Å²) in [5.41, 5.74) is 2.12. The first-order valence-corrected chi connectivity index (χ1v) is 9.98. The van der Waals surface area contributed by atoms with Crippen LogP contribution in [0.5, 0.6) is 0 Å². The van der Waals surface area contributed by atoms with Gasteiger partial charge in [-0.3, -0.25) is 0 Å². The number of rotatable bonds is 7. The molecule has 1 N–H and O–H groups in total. The Bertz CT molecular complexity index is 749. The summed E-state index contributed by atoms with van der Waals surface area (Å²) in [4.78, 5) is 12.0. The summed E-state index contributed by atoms with van der Waals surface area (Å²) in [6.45, 7) is 0.821. The van der Waals surface area contributed by atoms with Crippen LogP contribution in [0.1, 0.15) is 30.4 Å². The van der Waals surface area contributed by atoms with Gasteiger partial charge in [0.2, 0.25) is 0 Å². The monoisotopic (exact) mass is 429 g/mol. The summed E-state index contributed by atoms with van der Waals surface area (Å²) in [5, 5.41) is 2.94. The minimum Gasteiger partial charge on any atom is -0.445 e. The SMILES string of the molecule is O=C(N[C@H]1CC[C@H](OC/C(Br)=C/c2ccccc2)C1)OCc1ccccc1. The fraction of sp³-hybridized carbons (Fsp3) is 0.318. The Hall–Kier alpha value is -2.11. The molecule has 2 aromatic rings. The van der Waals surface area contributed by atoms with Gasteiger partial charge < -0.3 is 14.8 Å². The zero-order valence-electron chi connectivity index (χ0n) is 15.1. The van der Waals surface area contributed by atoms with Gasteiger partial charge in [-0.25, -0.2) is 4.79 Å². The molecule has 1 aliphatic carbocycles. The third-order valence-electron chi connectivity index (χ3n) is 4.50. The lowest BCUT2D eigenvalue weighted by molar-refractivity contribution is 0.0767. The van der Waals surface area contributed by atoms with E-state index in [4.69, 9.17) is 9.47 Å². The first kappa shape index (κ1) is 19.6. The highest BCUT2D eigenvalue weighted by atomic mass is 79.9. The Morgan fingerprint density at radius 2 is 1.78 bits per heavy atom. The Morgan fingerprint density at radius 1 is 1.07 bits per heavy atom. The molecule has 0 aliphatic heterocycles. The van der Waals surface area contributed by atoms with Crippen LogP contribution in [0, 0.1) is 0 Å². The van der Waals surface area contributed by atoms with Gasteiger partial charge >= 0.3 is 6.09 Å². The van der Waals surface area contributed by atoms with Crippen LogP contribution in [-0.2, 0) is 16.1 Å². The summed E-state index contributed by atoms with van der Waals surface area (Å²) in [5.74, 6) is 0. The van der Waals surface area contributed by atoms with E-state index in [-0.39, 0.29) is 24.8 Å². The lowest BCUT2D eigenvalue weighted by Gasteiger charge is -2.14. The van der Waals surface area contributed by atoms with Gasteiger partial charge in [0.05, 0.1) is 12.7 Å². The number of carbonyl (C=O) groups excluding carboxylic acids is 1. The van der Waals surface area contributed by atoms with Crippen molar-refractivity contribution in [1.29, 1.82) is 0 Å². The Kier molecular flexibility index (Phi) is 7.48. The van der Waals surface area contributed by atoms with E-state index in [0.717, 1.165) is 34.9 Å². The molecule has 0 radical (unpaired) electrons. The third-order valence-corrected chi connectivity index (χ3v) is 4.96. The summed E-state index contributed by atoms with van der Waals surface area (Å²) >= 11 is 3.57. The molecule has 2 atom stereocenters. The van der Waals surface area contributed by atoms with E-state index in [0.29, 0.717) is 6.61 Å². The zero-order valence-corrected chi connectivity index (χ0v) is 16.7. The van der Waals surface area contributed by atoms with Crippen molar-refractivity contribution in [3.63, 3.8) is 0 Å². The number of alkyl carbamates (subject to hydrolysis) is 1. The Balaban J connectivity index is 1.36. The van der Waals surface area contributed by atoms with Crippen LogP contribution < -0.4 is 5.32 Å². The van der Waals surface area contributed by atoms with Crippen molar-refractivity contribution in [3.8, 4) is 0 Å². The quantitative estimate of drug-likeness (QED) is 0.650. The molecule has 1 amide bonds. The van der Waals surface area contributed by atoms with Gasteiger partial charge in [0.1, 0.15) is 6.61 Å². The van der Waals surface area contributed by atoms with Gasteiger partial charge in [-0.2, -0.15) is 0 Å². The molecule has 5 heteroatoms. The van der Waals surface area contributed by atoms with Crippen molar-refractivity contribution in [2.24, 2.45) is 0 Å². The summed E-state index contributed by atoms with van der Waals surface area (Å²) < 4.78 is 12.3. The summed E-state index contributed by atoms with van der Waals surface area (Å²) in [6.07, 6.45) is 4.51. The van der Waals surface area contributed by atoms with Gasteiger partial charge in [0.15, 0.2) is 0 Å². The maximum Gasteiger partial charge on any atom is 0.407 e. The number of carbonyl (C=O) groups is 1. The van der Waals surface area contributed by atoms with Crippen LogP contribution >= 0.6 is 15.9 Å². The van der Waals surface area contributed by atoms with Crippen LogP contribution in [0.4, 0.5) is 4.79 Å². The molecule has 0 aromatic heterocycles. The van der Waals surface area contributed by atoms with Crippen molar-refractivity contribution in [3.05, 3.63) is 76.3 Å². The maximum absolute atomic E-state index is 12.0. The number of nitrogens with one attached hydrogen (secondary N) is 1. The molecule has 0 heterocycles. The smallest absolute Gasteiger partial charge is 0.407 e. The number of amides is 1. The molecule has 0 spiro atoms. The van der Waals surface area contributed by atoms with Crippen LogP contribution in [-0.4, -0.2) is 24.8 Å². The predicted molar refractivity (Wildman–Crippen MR) is 110 cm³/mol. The molecule has 142 valence electrons. The minimum absolute atomic E-state index is 0.107. The topological polar surface area (TPSA) is 47.6 Å². The van der Waals surface area contributed by atoms with Crippen LogP contribution in [0.2, 0.25) is 0 Å². The van der Waals surface area contributed by atoms with Gasteiger partial charge in [-0.1, -0.05) is 76.6 Å². The Morgan fingerprint density at radius 3 is 2.52 bits per heavy atom. The molecular weight excluding hydrogens is 406 g/mol. The molecule has 4 nitrogen and oxygen atoms in total. The molecule has 27 heavy (non-hydrogen) atoms. The van der Waals surface area contributed by atoms with E-state index in [1.54, 1.807) is 0 Å².